The second-order valence-electron chi connectivity index (χ2n) is 3.47. The van der Waals surface area contributed by atoms with Gasteiger partial charge in [-0.25, -0.2) is 4.98 Å². The van der Waals surface area contributed by atoms with Crippen LogP contribution in [0.2, 0.25) is 5.02 Å². The number of para-hydroxylation sites is 1. The first-order valence-electron chi connectivity index (χ1n) is 5.13. The van der Waals surface area contributed by atoms with Crippen LogP contribution in [0.5, 0.6) is 0 Å². The topological polar surface area (TPSA) is 65.8 Å². The number of hydrogen-bond acceptors (Lipinski definition) is 3. The summed E-state index contributed by atoms with van der Waals surface area (Å²) < 4.78 is 0. The third-order valence-electron chi connectivity index (χ3n) is 2.26. The van der Waals surface area contributed by atoms with E-state index < -0.39 is 0 Å². The zero-order valence-electron chi connectivity index (χ0n) is 9.22. The highest BCUT2D eigenvalue weighted by Crippen LogP contribution is 2.15. The number of hydrogen-bond donors (Lipinski definition) is 1. The van der Waals surface area contributed by atoms with Crippen LogP contribution in [-0.4, -0.2) is 10.9 Å². The average molecular weight is 258 g/mol. The van der Waals surface area contributed by atoms with Gasteiger partial charge in [-0.1, -0.05) is 23.7 Å². The van der Waals surface area contributed by atoms with Gasteiger partial charge in [-0.2, -0.15) is 5.26 Å². The first-order valence-corrected chi connectivity index (χ1v) is 5.50. The van der Waals surface area contributed by atoms with Crippen molar-refractivity contribution in [2.45, 2.75) is 0 Å². The molecule has 4 nitrogen and oxygen atoms in total. The van der Waals surface area contributed by atoms with E-state index in [0.717, 1.165) is 0 Å². The summed E-state index contributed by atoms with van der Waals surface area (Å²) in [5.74, 6) is -0.380. The van der Waals surface area contributed by atoms with Crippen molar-refractivity contribution in [1.29, 1.82) is 5.26 Å². The fraction of sp³-hybridized carbons (Fsp3) is 0. The Morgan fingerprint density at radius 1 is 1.28 bits per heavy atom. The molecule has 5 heteroatoms. The Hall–Kier alpha value is -2.38. The highest BCUT2D eigenvalue weighted by atomic mass is 35.5. The molecule has 0 radical (unpaired) electrons. The number of carbonyl (C=O) groups excluding carboxylic acids is 1. The third kappa shape index (κ3) is 2.65. The molecule has 0 unspecified atom stereocenters. The number of carbonyl (C=O) groups is 1. The molecule has 1 heterocycles. The Morgan fingerprint density at radius 3 is 2.72 bits per heavy atom. The lowest BCUT2D eigenvalue weighted by Crippen LogP contribution is -2.14. The summed E-state index contributed by atoms with van der Waals surface area (Å²) in [5, 5.41) is 12.0. The number of nitrogens with one attached hydrogen (secondary N) is 1. The second kappa shape index (κ2) is 5.30. The minimum absolute atomic E-state index is 0.243. The van der Waals surface area contributed by atoms with Gasteiger partial charge in [0.05, 0.1) is 16.3 Å². The number of rotatable bonds is 2. The summed E-state index contributed by atoms with van der Waals surface area (Å²) in [4.78, 5) is 15.8. The molecule has 1 aromatic heterocycles. The van der Waals surface area contributed by atoms with Crippen LogP contribution in [0.4, 0.5) is 5.69 Å². The van der Waals surface area contributed by atoms with Crippen LogP contribution in [0, 0.1) is 11.3 Å². The Labute approximate surface area is 109 Å². The predicted octanol–water partition coefficient (Wildman–Crippen LogP) is 2.86. The summed E-state index contributed by atoms with van der Waals surface area (Å²) in [6.45, 7) is 0. The van der Waals surface area contributed by atoms with E-state index in [9.17, 15) is 4.79 Å². The lowest BCUT2D eigenvalue weighted by atomic mass is 10.2. The Bertz CT molecular complexity index is 617. The van der Waals surface area contributed by atoms with Crippen molar-refractivity contribution >= 4 is 23.2 Å². The number of pyridine rings is 1. The zero-order valence-corrected chi connectivity index (χ0v) is 9.98. The molecule has 0 bridgehead atoms. The standard InChI is InChI=1S/C13H8ClN3O/c14-10-5-6-12(16-8-10)13(18)17-11-4-2-1-3-9(11)7-15/h1-6,8H,(H,17,18). The average Bonchev–Trinajstić information content (AvgIpc) is 2.40. The molecule has 0 aliphatic carbocycles. The summed E-state index contributed by atoms with van der Waals surface area (Å²) >= 11 is 5.69. The number of aromatic nitrogens is 1. The molecule has 0 saturated carbocycles. The Kier molecular flexibility index (Phi) is 3.56. The lowest BCUT2D eigenvalue weighted by molar-refractivity contribution is 0.102. The van der Waals surface area contributed by atoms with Gasteiger partial charge in [0.1, 0.15) is 11.8 Å². The van der Waals surface area contributed by atoms with E-state index >= 15 is 0 Å². The van der Waals surface area contributed by atoms with Crippen LogP contribution in [0.15, 0.2) is 42.6 Å². The van der Waals surface area contributed by atoms with Crippen LogP contribution in [0.1, 0.15) is 16.1 Å². The molecule has 0 aliphatic rings. The molecule has 2 rings (SSSR count). The summed E-state index contributed by atoms with van der Waals surface area (Å²) in [7, 11) is 0. The van der Waals surface area contributed by atoms with Crippen molar-refractivity contribution in [1.82, 2.24) is 4.98 Å². The molecular weight excluding hydrogens is 250 g/mol. The molecule has 2 aromatic rings. The predicted molar refractivity (Wildman–Crippen MR) is 68.4 cm³/mol. The van der Waals surface area contributed by atoms with E-state index in [4.69, 9.17) is 16.9 Å². The summed E-state index contributed by atoms with van der Waals surface area (Å²) in [6.07, 6.45) is 1.40. The maximum atomic E-state index is 11.9. The Balaban J connectivity index is 2.22. The van der Waals surface area contributed by atoms with Gasteiger partial charge >= 0.3 is 0 Å². The molecule has 0 spiro atoms. The normalized spacial score (nSPS) is 9.56. The van der Waals surface area contributed by atoms with E-state index in [2.05, 4.69) is 10.3 Å². The van der Waals surface area contributed by atoms with Crippen molar-refractivity contribution in [3.8, 4) is 6.07 Å². The van der Waals surface area contributed by atoms with Crippen LogP contribution < -0.4 is 5.32 Å². The van der Waals surface area contributed by atoms with Gasteiger partial charge in [-0.05, 0) is 24.3 Å². The van der Waals surface area contributed by atoms with Gasteiger partial charge in [-0.3, -0.25) is 4.79 Å². The molecule has 1 N–H and O–H groups in total. The zero-order chi connectivity index (χ0) is 13.0. The second-order valence-corrected chi connectivity index (χ2v) is 3.91. The highest BCUT2D eigenvalue weighted by molar-refractivity contribution is 6.30. The summed E-state index contributed by atoms with van der Waals surface area (Å²) in [5.41, 5.74) is 1.11. The molecule has 0 saturated heterocycles. The minimum Gasteiger partial charge on any atom is -0.319 e. The van der Waals surface area contributed by atoms with E-state index in [-0.39, 0.29) is 11.6 Å². The van der Waals surface area contributed by atoms with Gasteiger partial charge in [0.15, 0.2) is 0 Å². The fourth-order valence-corrected chi connectivity index (χ4v) is 1.50. The minimum atomic E-state index is -0.380. The number of amides is 1. The van der Waals surface area contributed by atoms with Gasteiger partial charge in [-0.15, -0.1) is 0 Å². The van der Waals surface area contributed by atoms with Gasteiger partial charge in [0.25, 0.3) is 5.91 Å². The molecule has 18 heavy (non-hydrogen) atoms. The number of nitrogens with zero attached hydrogens (tertiary/aromatic N) is 2. The Morgan fingerprint density at radius 2 is 2.06 bits per heavy atom. The smallest absolute Gasteiger partial charge is 0.274 e. The van der Waals surface area contributed by atoms with E-state index in [1.54, 1.807) is 30.3 Å². The lowest BCUT2D eigenvalue weighted by Gasteiger charge is -2.05. The maximum Gasteiger partial charge on any atom is 0.274 e. The van der Waals surface area contributed by atoms with Crippen molar-refractivity contribution in [3.63, 3.8) is 0 Å². The van der Waals surface area contributed by atoms with Crippen LogP contribution in [0.3, 0.4) is 0 Å². The SMILES string of the molecule is N#Cc1ccccc1NC(=O)c1ccc(Cl)cn1. The van der Waals surface area contributed by atoms with Crippen molar-refractivity contribution in [3.05, 3.63) is 58.9 Å². The summed E-state index contributed by atoms with van der Waals surface area (Å²) in [6, 6.07) is 11.9. The third-order valence-corrected chi connectivity index (χ3v) is 2.48. The van der Waals surface area contributed by atoms with Crippen molar-refractivity contribution < 1.29 is 4.79 Å². The molecule has 1 aromatic carbocycles. The molecule has 88 valence electrons. The van der Waals surface area contributed by atoms with Gasteiger partial charge in [0, 0.05) is 6.20 Å². The first kappa shape index (κ1) is 12.1. The molecule has 1 amide bonds. The largest absolute Gasteiger partial charge is 0.319 e. The van der Waals surface area contributed by atoms with Gasteiger partial charge < -0.3 is 5.32 Å². The van der Waals surface area contributed by atoms with Crippen molar-refractivity contribution in [2.75, 3.05) is 5.32 Å². The number of halogens is 1. The maximum absolute atomic E-state index is 11.9. The molecule has 0 atom stereocenters. The van der Waals surface area contributed by atoms with Crippen LogP contribution in [-0.2, 0) is 0 Å². The number of anilines is 1. The number of nitriles is 1. The highest BCUT2D eigenvalue weighted by Gasteiger charge is 2.09. The van der Waals surface area contributed by atoms with E-state index in [1.807, 2.05) is 6.07 Å². The monoisotopic (exact) mass is 257 g/mol. The quantitative estimate of drug-likeness (QED) is 0.900. The fourth-order valence-electron chi connectivity index (χ4n) is 1.39. The van der Waals surface area contributed by atoms with Gasteiger partial charge in [0.2, 0.25) is 0 Å². The first-order chi connectivity index (χ1) is 8.70. The van der Waals surface area contributed by atoms with Crippen LogP contribution >= 0.6 is 11.6 Å². The molecule has 0 fully saturated rings. The van der Waals surface area contributed by atoms with Crippen LogP contribution in [0.25, 0.3) is 0 Å². The molecular formula is C13H8ClN3O. The number of benzene rings is 1. The van der Waals surface area contributed by atoms with E-state index in [0.29, 0.717) is 16.3 Å². The van der Waals surface area contributed by atoms with Crippen molar-refractivity contribution in [2.24, 2.45) is 0 Å². The molecule has 0 aliphatic heterocycles. The van der Waals surface area contributed by atoms with E-state index in [1.165, 1.54) is 12.3 Å².